The van der Waals surface area contributed by atoms with E-state index in [1.165, 1.54) is 44.5 Å². The van der Waals surface area contributed by atoms with Crippen LogP contribution in [0.5, 0.6) is 0 Å². The Morgan fingerprint density at radius 1 is 0.774 bits per heavy atom. The number of allylic oxidation sites excluding steroid dienone is 7. The average Bonchev–Trinajstić information content (AvgIpc) is 3.29. The van der Waals surface area contributed by atoms with Gasteiger partial charge in [0.1, 0.15) is 0 Å². The van der Waals surface area contributed by atoms with E-state index in [2.05, 4.69) is 106 Å². The minimum absolute atomic E-state index is 0.155. The Hall–Kier alpha value is -3.38. The molecule has 154 valence electrons. The number of benzene rings is 3. The van der Waals surface area contributed by atoms with Gasteiger partial charge in [0.05, 0.1) is 5.41 Å². The predicted molar refractivity (Wildman–Crippen MR) is 134 cm³/mol. The summed E-state index contributed by atoms with van der Waals surface area (Å²) in [4.78, 5) is 0. The summed E-state index contributed by atoms with van der Waals surface area (Å²) in [5.41, 5.74) is 10.9. The molecule has 3 aromatic carbocycles. The molecule has 0 N–H and O–H groups in total. The molecular formula is C31H30. The lowest BCUT2D eigenvalue weighted by Crippen LogP contribution is -2.26. The summed E-state index contributed by atoms with van der Waals surface area (Å²) in [7, 11) is 0. The van der Waals surface area contributed by atoms with Crippen LogP contribution in [0.25, 0.3) is 11.1 Å². The number of fused-ring (bicyclic) bond motifs is 5. The highest BCUT2D eigenvalue weighted by Crippen LogP contribution is 2.61. The second-order valence-electron chi connectivity index (χ2n) is 8.13. The zero-order chi connectivity index (χ0) is 21.8. The zero-order valence-electron chi connectivity index (χ0n) is 18.7. The number of hydrogen-bond donors (Lipinski definition) is 0. The first kappa shape index (κ1) is 20.9. The van der Waals surface area contributed by atoms with E-state index in [4.69, 9.17) is 0 Å². The maximum absolute atomic E-state index is 4.09. The Morgan fingerprint density at radius 2 is 1.32 bits per heavy atom. The van der Waals surface area contributed by atoms with Crippen LogP contribution < -0.4 is 0 Å². The van der Waals surface area contributed by atoms with Gasteiger partial charge in [0.25, 0.3) is 0 Å². The molecular weight excluding hydrogens is 372 g/mol. The summed E-state index contributed by atoms with van der Waals surface area (Å²) in [6.07, 6.45) is 9.76. The van der Waals surface area contributed by atoms with Gasteiger partial charge in [0.15, 0.2) is 0 Å². The number of hydrogen-bond acceptors (Lipinski definition) is 0. The molecule has 31 heavy (non-hydrogen) atoms. The minimum atomic E-state index is -0.155. The van der Waals surface area contributed by atoms with E-state index in [-0.39, 0.29) is 5.41 Å². The quantitative estimate of drug-likeness (QED) is 0.378. The van der Waals surface area contributed by atoms with E-state index >= 15 is 0 Å². The van der Waals surface area contributed by atoms with Crippen molar-refractivity contribution in [3.05, 3.63) is 143 Å². The van der Waals surface area contributed by atoms with Crippen LogP contribution >= 0.6 is 0 Å². The predicted octanol–water partition coefficient (Wildman–Crippen LogP) is 8.36. The van der Waals surface area contributed by atoms with Crippen LogP contribution in [-0.2, 0) is 5.41 Å². The van der Waals surface area contributed by atoms with Crippen molar-refractivity contribution >= 4 is 0 Å². The summed E-state index contributed by atoms with van der Waals surface area (Å²) < 4.78 is 0. The smallest absolute Gasteiger partial charge is 0.0679 e. The van der Waals surface area contributed by atoms with Crippen LogP contribution in [0.2, 0.25) is 0 Å². The molecule has 0 nitrogen and oxygen atoms in total. The molecule has 0 aliphatic heterocycles. The molecule has 0 unspecified atom stereocenters. The fourth-order valence-electron chi connectivity index (χ4n) is 5.15. The molecule has 2 aliphatic rings. The lowest BCUT2D eigenvalue weighted by Gasteiger charge is -2.32. The maximum atomic E-state index is 4.09. The van der Waals surface area contributed by atoms with E-state index in [9.17, 15) is 0 Å². The lowest BCUT2D eigenvalue weighted by molar-refractivity contribution is 0.762. The van der Waals surface area contributed by atoms with Gasteiger partial charge < -0.3 is 0 Å². The molecule has 1 spiro atoms. The summed E-state index contributed by atoms with van der Waals surface area (Å²) in [5, 5.41) is 0. The van der Waals surface area contributed by atoms with Crippen molar-refractivity contribution in [2.45, 2.75) is 32.6 Å². The van der Waals surface area contributed by atoms with Gasteiger partial charge in [0.2, 0.25) is 0 Å². The van der Waals surface area contributed by atoms with Crippen molar-refractivity contribution < 1.29 is 0 Å². The maximum Gasteiger partial charge on any atom is 0.0679 e. The first-order valence-electron chi connectivity index (χ1n) is 11.0. The van der Waals surface area contributed by atoms with Crippen LogP contribution in [0.4, 0.5) is 0 Å². The Bertz CT molecular complexity index is 1140. The Balaban J connectivity index is 0.000000282. The zero-order valence-corrected chi connectivity index (χ0v) is 18.7. The molecule has 0 saturated carbocycles. The van der Waals surface area contributed by atoms with Crippen molar-refractivity contribution in [3.63, 3.8) is 0 Å². The largest absolute Gasteiger partial charge is 0.0988 e. The molecule has 0 saturated heterocycles. The van der Waals surface area contributed by atoms with Crippen LogP contribution in [0.1, 0.15) is 37.0 Å². The van der Waals surface area contributed by atoms with Gasteiger partial charge in [-0.25, -0.2) is 0 Å². The highest BCUT2D eigenvalue weighted by atomic mass is 14.5. The van der Waals surface area contributed by atoms with E-state index in [0.29, 0.717) is 0 Å². The molecule has 0 heterocycles. The van der Waals surface area contributed by atoms with E-state index in [1.807, 2.05) is 24.3 Å². The first-order chi connectivity index (χ1) is 15.2. The Kier molecular flexibility index (Phi) is 5.91. The van der Waals surface area contributed by atoms with Crippen molar-refractivity contribution in [2.24, 2.45) is 0 Å². The molecule has 3 aromatic rings. The van der Waals surface area contributed by atoms with Gasteiger partial charge in [-0.2, -0.15) is 0 Å². The molecule has 0 heteroatoms. The third-order valence-electron chi connectivity index (χ3n) is 6.43. The third-order valence-corrected chi connectivity index (χ3v) is 6.43. The standard InChI is InChI=1S/C24H22.C7H8/c1-4-11-21-17(5-2)16-18(6-3)24(21)22-14-9-7-12-19(22)20-13-8-10-15-23(20)24;1-7-5-3-2-4-6-7/h4-15H,2,16H2,1,3H3;2-6H,1H3/b11-4-,18-6+;. The third kappa shape index (κ3) is 3.33. The van der Waals surface area contributed by atoms with E-state index < -0.39 is 0 Å². The fraction of sp³-hybridized carbons (Fsp3) is 0.161. The fourth-order valence-corrected chi connectivity index (χ4v) is 5.15. The Morgan fingerprint density at radius 3 is 1.77 bits per heavy atom. The topological polar surface area (TPSA) is 0 Å². The monoisotopic (exact) mass is 402 g/mol. The van der Waals surface area contributed by atoms with Crippen LogP contribution in [0.3, 0.4) is 0 Å². The van der Waals surface area contributed by atoms with Crippen LogP contribution in [-0.4, -0.2) is 0 Å². The summed E-state index contributed by atoms with van der Waals surface area (Å²) in [5.74, 6) is 0. The number of aryl methyl sites for hydroxylation is 1. The molecule has 0 bridgehead atoms. The van der Waals surface area contributed by atoms with Gasteiger partial charge in [-0.3, -0.25) is 0 Å². The lowest BCUT2D eigenvalue weighted by atomic mass is 9.69. The van der Waals surface area contributed by atoms with E-state index in [0.717, 1.165) is 6.42 Å². The SMILES string of the molecule is C=CC1=C(/C=C\C)C2(/C(=C/C)C1)c1ccccc1-c1ccccc12.Cc1ccccc1. The van der Waals surface area contributed by atoms with Crippen LogP contribution in [0, 0.1) is 6.92 Å². The molecule has 2 aliphatic carbocycles. The molecule has 0 radical (unpaired) electrons. The van der Waals surface area contributed by atoms with Gasteiger partial charge in [-0.05, 0) is 60.6 Å². The van der Waals surface area contributed by atoms with E-state index in [1.54, 1.807) is 0 Å². The average molecular weight is 403 g/mol. The van der Waals surface area contributed by atoms with Crippen molar-refractivity contribution in [3.8, 4) is 11.1 Å². The Labute approximate surface area is 187 Å². The van der Waals surface area contributed by atoms with Gasteiger partial charge in [0, 0.05) is 0 Å². The van der Waals surface area contributed by atoms with Gasteiger partial charge >= 0.3 is 0 Å². The summed E-state index contributed by atoms with van der Waals surface area (Å²) in [6.45, 7) is 10.4. The number of rotatable bonds is 2. The molecule has 0 fully saturated rings. The highest BCUT2D eigenvalue weighted by molar-refractivity contribution is 5.88. The van der Waals surface area contributed by atoms with Crippen LogP contribution in [0.15, 0.2) is 126 Å². The molecule has 0 amide bonds. The molecule has 0 aromatic heterocycles. The normalized spacial score (nSPS) is 16.9. The van der Waals surface area contributed by atoms with Gasteiger partial charge in [-0.1, -0.05) is 121 Å². The van der Waals surface area contributed by atoms with Crippen molar-refractivity contribution in [1.82, 2.24) is 0 Å². The highest BCUT2D eigenvalue weighted by Gasteiger charge is 2.50. The first-order valence-corrected chi connectivity index (χ1v) is 11.0. The minimum Gasteiger partial charge on any atom is -0.0988 e. The second-order valence-corrected chi connectivity index (χ2v) is 8.13. The van der Waals surface area contributed by atoms with Gasteiger partial charge in [-0.15, -0.1) is 0 Å². The molecule has 5 rings (SSSR count). The summed E-state index contributed by atoms with van der Waals surface area (Å²) >= 11 is 0. The summed E-state index contributed by atoms with van der Waals surface area (Å²) in [6, 6.07) is 28.0. The van der Waals surface area contributed by atoms with Crippen molar-refractivity contribution in [2.75, 3.05) is 0 Å². The molecule has 0 atom stereocenters. The van der Waals surface area contributed by atoms with Crippen molar-refractivity contribution in [1.29, 1.82) is 0 Å². The second kappa shape index (κ2) is 8.78.